The Balaban J connectivity index is 1.96. The number of aromatic amines is 2. The normalized spacial score (nSPS) is 17.8. The van der Waals surface area contributed by atoms with Crippen molar-refractivity contribution in [1.29, 1.82) is 0 Å². The van der Waals surface area contributed by atoms with E-state index in [2.05, 4.69) is 36.0 Å². The quantitative estimate of drug-likeness (QED) is 0.877. The molecule has 0 amide bonds. The molecule has 0 saturated carbocycles. The molecule has 7 heteroatoms. The van der Waals surface area contributed by atoms with E-state index in [0.29, 0.717) is 12.4 Å². The molecule has 1 aliphatic heterocycles. The van der Waals surface area contributed by atoms with Gasteiger partial charge in [-0.2, -0.15) is 5.10 Å². The summed E-state index contributed by atoms with van der Waals surface area (Å²) in [4.78, 5) is 15.9. The van der Waals surface area contributed by atoms with Crippen LogP contribution >= 0.6 is 15.9 Å². The number of fused-ring (bicyclic) bond motifs is 1. The van der Waals surface area contributed by atoms with Gasteiger partial charge < -0.3 is 9.64 Å². The van der Waals surface area contributed by atoms with Crippen LogP contribution in [0.4, 0.5) is 5.69 Å². The first-order valence-corrected chi connectivity index (χ1v) is 7.17. The summed E-state index contributed by atoms with van der Waals surface area (Å²) < 4.78 is 6.92. The summed E-state index contributed by atoms with van der Waals surface area (Å²) in [6, 6.07) is 4.07. The average Bonchev–Trinajstić information content (AvgIpc) is 2.77. The van der Waals surface area contributed by atoms with Crippen molar-refractivity contribution >= 4 is 21.6 Å². The van der Waals surface area contributed by atoms with Crippen LogP contribution < -0.4 is 15.3 Å². The van der Waals surface area contributed by atoms with Gasteiger partial charge in [0.05, 0.1) is 18.8 Å². The summed E-state index contributed by atoms with van der Waals surface area (Å²) in [5.74, 6) is 1.48. The van der Waals surface area contributed by atoms with E-state index in [1.165, 1.54) is 0 Å². The van der Waals surface area contributed by atoms with Crippen LogP contribution in [0.3, 0.4) is 0 Å². The first kappa shape index (κ1) is 13.2. The summed E-state index contributed by atoms with van der Waals surface area (Å²) >= 11 is 3.54. The van der Waals surface area contributed by atoms with Gasteiger partial charge >= 0.3 is 5.69 Å². The molecule has 1 unspecified atom stereocenters. The Morgan fingerprint density at radius 2 is 2.35 bits per heavy atom. The topological polar surface area (TPSA) is 74.0 Å². The number of halogens is 1. The van der Waals surface area contributed by atoms with Crippen LogP contribution in [-0.4, -0.2) is 27.8 Å². The Morgan fingerprint density at radius 1 is 1.55 bits per heavy atom. The number of aryl methyl sites for hydroxylation is 1. The highest BCUT2D eigenvalue weighted by molar-refractivity contribution is 9.10. The van der Waals surface area contributed by atoms with Gasteiger partial charge in [0.2, 0.25) is 0 Å². The third-order valence-electron chi connectivity index (χ3n) is 3.28. The predicted molar refractivity (Wildman–Crippen MR) is 79.2 cm³/mol. The van der Waals surface area contributed by atoms with Crippen molar-refractivity contribution in [2.75, 3.05) is 11.4 Å². The van der Waals surface area contributed by atoms with E-state index < -0.39 is 0 Å². The number of H-pyrrole nitrogens is 2. The van der Waals surface area contributed by atoms with E-state index in [1.54, 1.807) is 0 Å². The second kappa shape index (κ2) is 4.97. The Hall–Kier alpha value is -1.76. The lowest BCUT2D eigenvalue weighted by atomic mass is 10.1. The fourth-order valence-electron chi connectivity index (χ4n) is 2.36. The van der Waals surface area contributed by atoms with Crippen LogP contribution in [0.5, 0.6) is 5.75 Å². The molecule has 0 radical (unpaired) electrons. The SMILES string of the molecule is Cc1cc2c(cc1Br)N(Cc1n[nH]c(=O)[nH]1)CC(C)O2. The summed E-state index contributed by atoms with van der Waals surface area (Å²) in [6.45, 7) is 5.34. The van der Waals surface area contributed by atoms with Crippen molar-refractivity contribution in [2.45, 2.75) is 26.5 Å². The highest BCUT2D eigenvalue weighted by atomic mass is 79.9. The largest absolute Gasteiger partial charge is 0.487 e. The highest BCUT2D eigenvalue weighted by Gasteiger charge is 2.24. The summed E-state index contributed by atoms with van der Waals surface area (Å²) in [7, 11) is 0. The predicted octanol–water partition coefficient (Wildman–Crippen LogP) is 1.96. The molecule has 0 saturated heterocycles. The Bertz CT molecular complexity index is 694. The molecule has 2 heterocycles. The molecule has 106 valence electrons. The maximum absolute atomic E-state index is 11.1. The van der Waals surface area contributed by atoms with Gasteiger partial charge in [0, 0.05) is 4.47 Å². The molecule has 2 aromatic rings. The maximum Gasteiger partial charge on any atom is 0.340 e. The minimum atomic E-state index is -0.286. The molecule has 0 spiro atoms. The van der Waals surface area contributed by atoms with Gasteiger partial charge in [-0.1, -0.05) is 15.9 Å². The fourth-order valence-corrected chi connectivity index (χ4v) is 2.69. The number of hydrogen-bond donors (Lipinski definition) is 2. The standard InChI is InChI=1S/C13H15BrN4O2/c1-7-3-11-10(4-9(7)14)18(5-8(2)20-11)6-12-15-13(19)17-16-12/h3-4,8H,5-6H2,1-2H3,(H2,15,16,17,19). The van der Waals surface area contributed by atoms with Gasteiger partial charge in [-0.05, 0) is 31.5 Å². The van der Waals surface area contributed by atoms with Gasteiger partial charge in [-0.3, -0.25) is 4.98 Å². The molecule has 1 aliphatic rings. The Morgan fingerprint density at radius 3 is 3.05 bits per heavy atom. The lowest BCUT2D eigenvalue weighted by Gasteiger charge is -2.34. The van der Waals surface area contributed by atoms with Gasteiger partial charge in [-0.25, -0.2) is 9.89 Å². The van der Waals surface area contributed by atoms with Crippen LogP contribution in [-0.2, 0) is 6.54 Å². The first-order chi connectivity index (χ1) is 9.52. The van der Waals surface area contributed by atoms with Crippen molar-refractivity contribution in [1.82, 2.24) is 15.2 Å². The lowest BCUT2D eigenvalue weighted by Crippen LogP contribution is -2.38. The molecular formula is C13H15BrN4O2. The third kappa shape index (κ3) is 2.45. The Labute approximate surface area is 124 Å². The number of benzene rings is 1. The molecule has 0 aliphatic carbocycles. The zero-order valence-electron chi connectivity index (χ0n) is 11.2. The van der Waals surface area contributed by atoms with Crippen LogP contribution in [0.15, 0.2) is 21.4 Å². The number of rotatable bonds is 2. The van der Waals surface area contributed by atoms with Crippen molar-refractivity contribution in [3.05, 3.63) is 38.5 Å². The van der Waals surface area contributed by atoms with Gasteiger partial charge in [0.1, 0.15) is 17.7 Å². The summed E-state index contributed by atoms with van der Waals surface area (Å²) in [5, 5.41) is 6.35. The molecule has 6 nitrogen and oxygen atoms in total. The second-order valence-corrected chi connectivity index (χ2v) is 5.86. The van der Waals surface area contributed by atoms with Gasteiger partial charge in [0.25, 0.3) is 0 Å². The highest BCUT2D eigenvalue weighted by Crippen LogP contribution is 2.38. The zero-order chi connectivity index (χ0) is 14.3. The third-order valence-corrected chi connectivity index (χ3v) is 4.13. The number of aromatic nitrogens is 3. The van der Waals surface area contributed by atoms with Crippen LogP contribution in [0, 0.1) is 6.92 Å². The van der Waals surface area contributed by atoms with E-state index in [9.17, 15) is 4.79 Å². The van der Waals surface area contributed by atoms with Gasteiger partial charge in [-0.15, -0.1) is 0 Å². The van der Waals surface area contributed by atoms with Crippen molar-refractivity contribution in [3.63, 3.8) is 0 Å². The molecule has 0 bridgehead atoms. The molecule has 3 rings (SSSR count). The van der Waals surface area contributed by atoms with Crippen LogP contribution in [0.25, 0.3) is 0 Å². The number of nitrogens with zero attached hydrogens (tertiary/aromatic N) is 2. The van der Waals surface area contributed by atoms with Crippen molar-refractivity contribution in [3.8, 4) is 5.75 Å². The number of ether oxygens (including phenoxy) is 1. The number of nitrogens with one attached hydrogen (secondary N) is 2. The van der Waals surface area contributed by atoms with E-state index in [1.807, 2.05) is 26.0 Å². The van der Waals surface area contributed by atoms with Gasteiger partial charge in [0.15, 0.2) is 0 Å². The fraction of sp³-hybridized carbons (Fsp3) is 0.385. The monoisotopic (exact) mass is 338 g/mol. The molecule has 1 atom stereocenters. The van der Waals surface area contributed by atoms with E-state index in [4.69, 9.17) is 4.74 Å². The van der Waals surface area contributed by atoms with E-state index in [-0.39, 0.29) is 11.8 Å². The van der Waals surface area contributed by atoms with E-state index >= 15 is 0 Å². The summed E-state index contributed by atoms with van der Waals surface area (Å²) in [6.07, 6.45) is 0.0914. The molecular weight excluding hydrogens is 324 g/mol. The second-order valence-electron chi connectivity index (χ2n) is 5.00. The van der Waals surface area contributed by atoms with Crippen LogP contribution in [0.2, 0.25) is 0 Å². The molecule has 20 heavy (non-hydrogen) atoms. The maximum atomic E-state index is 11.1. The molecule has 0 fully saturated rings. The first-order valence-electron chi connectivity index (χ1n) is 6.38. The smallest absolute Gasteiger partial charge is 0.340 e. The van der Waals surface area contributed by atoms with Crippen molar-refractivity contribution < 1.29 is 4.74 Å². The van der Waals surface area contributed by atoms with Crippen molar-refractivity contribution in [2.24, 2.45) is 0 Å². The van der Waals surface area contributed by atoms with E-state index in [0.717, 1.165) is 28.0 Å². The minimum absolute atomic E-state index is 0.0914. The number of hydrogen-bond acceptors (Lipinski definition) is 4. The van der Waals surface area contributed by atoms with Crippen LogP contribution in [0.1, 0.15) is 18.3 Å². The molecule has 1 aromatic carbocycles. The number of anilines is 1. The summed E-state index contributed by atoms with van der Waals surface area (Å²) in [5.41, 5.74) is 1.85. The molecule has 2 N–H and O–H groups in total. The average molecular weight is 339 g/mol. The zero-order valence-corrected chi connectivity index (χ0v) is 12.8. The molecule has 1 aromatic heterocycles. The lowest BCUT2D eigenvalue weighted by molar-refractivity contribution is 0.211. The Kier molecular flexibility index (Phi) is 3.29. The minimum Gasteiger partial charge on any atom is -0.487 e.